The predicted molar refractivity (Wildman–Crippen MR) is 64.9 cm³/mol. The molecule has 18 heavy (non-hydrogen) atoms. The van der Waals surface area contributed by atoms with Crippen molar-refractivity contribution in [2.24, 2.45) is 10.8 Å². The molecule has 1 heterocycles. The summed E-state index contributed by atoms with van der Waals surface area (Å²) in [6.07, 6.45) is 7.29. The van der Waals surface area contributed by atoms with E-state index in [-0.39, 0.29) is 23.1 Å². The highest BCUT2D eigenvalue weighted by atomic mass is 16.7. The largest absolute Gasteiger partial charge is 0.469 e. The summed E-state index contributed by atoms with van der Waals surface area (Å²) in [6, 6.07) is 0. The summed E-state index contributed by atoms with van der Waals surface area (Å²) in [5, 5.41) is 0. The number of ether oxygens (including phenoxy) is 3. The van der Waals surface area contributed by atoms with E-state index in [2.05, 4.69) is 0 Å². The number of carbonyl (C=O) groups is 1. The zero-order valence-corrected chi connectivity index (χ0v) is 11.1. The van der Waals surface area contributed by atoms with E-state index in [1.165, 1.54) is 13.5 Å². The standard InChI is InChI=1S/C14H22O4/c1-16-12(15)14-6-5-13(8-14,9-14)10-18-11-4-2-3-7-17-11/h11H,2-10H2,1H3. The van der Waals surface area contributed by atoms with Gasteiger partial charge in [0.25, 0.3) is 0 Å². The molecule has 1 atom stereocenters. The summed E-state index contributed by atoms with van der Waals surface area (Å²) in [5.41, 5.74) is 0.0561. The monoisotopic (exact) mass is 254 g/mol. The Balaban J connectivity index is 1.49. The van der Waals surface area contributed by atoms with Crippen molar-refractivity contribution < 1.29 is 19.0 Å². The van der Waals surface area contributed by atoms with Crippen molar-refractivity contribution in [1.82, 2.24) is 0 Å². The summed E-state index contributed by atoms with van der Waals surface area (Å²) in [7, 11) is 1.49. The van der Waals surface area contributed by atoms with Crippen LogP contribution in [0.4, 0.5) is 0 Å². The van der Waals surface area contributed by atoms with Crippen molar-refractivity contribution in [2.75, 3.05) is 20.3 Å². The average molecular weight is 254 g/mol. The number of methoxy groups -OCH3 is 1. The highest BCUT2D eigenvalue weighted by Crippen LogP contribution is 2.67. The molecule has 102 valence electrons. The molecule has 4 nitrogen and oxygen atoms in total. The quantitative estimate of drug-likeness (QED) is 0.722. The molecule has 4 aliphatic rings. The van der Waals surface area contributed by atoms with Crippen molar-refractivity contribution in [3.8, 4) is 0 Å². The van der Waals surface area contributed by atoms with Crippen molar-refractivity contribution in [3.63, 3.8) is 0 Å². The third-order valence-electron chi connectivity index (χ3n) is 4.89. The molecule has 3 saturated carbocycles. The molecule has 0 radical (unpaired) electrons. The fraction of sp³-hybridized carbons (Fsp3) is 0.929. The van der Waals surface area contributed by atoms with E-state index >= 15 is 0 Å². The van der Waals surface area contributed by atoms with Gasteiger partial charge in [-0.25, -0.2) is 0 Å². The second kappa shape index (κ2) is 4.49. The van der Waals surface area contributed by atoms with Crippen LogP contribution in [0.25, 0.3) is 0 Å². The first kappa shape index (κ1) is 12.4. The maximum Gasteiger partial charge on any atom is 0.311 e. The lowest BCUT2D eigenvalue weighted by Crippen LogP contribution is -2.46. The maximum absolute atomic E-state index is 11.7. The van der Waals surface area contributed by atoms with Crippen LogP contribution in [0.3, 0.4) is 0 Å². The molecule has 0 N–H and O–H groups in total. The second-order valence-corrected chi connectivity index (χ2v) is 6.23. The van der Waals surface area contributed by atoms with Gasteiger partial charge in [0.2, 0.25) is 0 Å². The number of fused-ring (bicyclic) bond motifs is 1. The molecule has 4 heteroatoms. The Kier molecular flexibility index (Phi) is 3.10. The third kappa shape index (κ3) is 1.95. The summed E-state index contributed by atoms with van der Waals surface area (Å²) in [4.78, 5) is 11.7. The molecule has 0 aromatic carbocycles. The number of rotatable bonds is 4. The first-order valence-electron chi connectivity index (χ1n) is 7.00. The molecule has 1 unspecified atom stereocenters. The molecule has 4 rings (SSSR count). The average Bonchev–Trinajstić information content (AvgIpc) is 2.93. The molecule has 0 spiro atoms. The number of carbonyl (C=O) groups excluding carboxylic acids is 1. The number of hydrogen-bond acceptors (Lipinski definition) is 4. The van der Waals surface area contributed by atoms with Gasteiger partial charge in [0.15, 0.2) is 6.29 Å². The van der Waals surface area contributed by atoms with E-state index in [1.54, 1.807) is 0 Å². The van der Waals surface area contributed by atoms with Gasteiger partial charge >= 0.3 is 5.97 Å². The number of esters is 1. The van der Waals surface area contributed by atoms with Gasteiger partial charge in [0.05, 0.1) is 19.1 Å². The van der Waals surface area contributed by atoms with E-state index in [9.17, 15) is 4.79 Å². The number of hydrogen-bond donors (Lipinski definition) is 0. The van der Waals surface area contributed by atoms with Crippen LogP contribution in [0.5, 0.6) is 0 Å². The smallest absolute Gasteiger partial charge is 0.311 e. The van der Waals surface area contributed by atoms with Gasteiger partial charge in [-0.05, 0) is 50.4 Å². The Hall–Kier alpha value is -0.610. The molecule has 0 amide bonds. The van der Waals surface area contributed by atoms with E-state index in [4.69, 9.17) is 14.2 Å². The Labute approximate surface area is 108 Å². The zero-order chi connectivity index (χ0) is 12.6. The Morgan fingerprint density at radius 3 is 2.83 bits per heavy atom. The molecular weight excluding hydrogens is 232 g/mol. The fourth-order valence-electron chi connectivity index (χ4n) is 3.99. The van der Waals surface area contributed by atoms with Crippen LogP contribution in [0.2, 0.25) is 0 Å². The van der Waals surface area contributed by atoms with Crippen LogP contribution >= 0.6 is 0 Å². The predicted octanol–water partition coefficient (Wildman–Crippen LogP) is 2.26. The zero-order valence-electron chi connectivity index (χ0n) is 11.1. The lowest BCUT2D eigenvalue weighted by Gasteiger charge is -2.45. The lowest BCUT2D eigenvalue weighted by molar-refractivity contribution is -0.194. The van der Waals surface area contributed by atoms with Crippen LogP contribution in [0, 0.1) is 10.8 Å². The molecule has 0 aromatic heterocycles. The Bertz CT molecular complexity index is 327. The normalized spacial score (nSPS) is 42.4. The second-order valence-electron chi connectivity index (χ2n) is 6.23. The Morgan fingerprint density at radius 1 is 1.33 bits per heavy atom. The summed E-state index contributed by atoms with van der Waals surface area (Å²) in [6.45, 7) is 1.57. The summed E-state index contributed by atoms with van der Waals surface area (Å²) in [5.74, 6) is -0.0236. The van der Waals surface area contributed by atoms with Gasteiger partial charge in [-0.1, -0.05) is 0 Å². The molecule has 4 fully saturated rings. The lowest BCUT2D eigenvalue weighted by atomic mass is 9.60. The molecular formula is C14H22O4. The van der Waals surface area contributed by atoms with Crippen molar-refractivity contribution in [1.29, 1.82) is 0 Å². The van der Waals surface area contributed by atoms with Crippen LogP contribution in [-0.4, -0.2) is 32.6 Å². The summed E-state index contributed by atoms with van der Waals surface area (Å²) >= 11 is 0. The van der Waals surface area contributed by atoms with E-state index in [0.717, 1.165) is 51.7 Å². The van der Waals surface area contributed by atoms with Gasteiger partial charge < -0.3 is 14.2 Å². The maximum atomic E-state index is 11.7. The van der Waals surface area contributed by atoms with Crippen molar-refractivity contribution in [2.45, 2.75) is 51.2 Å². The first-order valence-corrected chi connectivity index (χ1v) is 7.00. The van der Waals surface area contributed by atoms with Gasteiger partial charge in [-0.3, -0.25) is 4.79 Å². The van der Waals surface area contributed by atoms with Crippen LogP contribution < -0.4 is 0 Å². The van der Waals surface area contributed by atoms with Crippen molar-refractivity contribution in [3.05, 3.63) is 0 Å². The molecule has 1 aliphatic heterocycles. The minimum atomic E-state index is -0.175. The molecule has 0 aromatic rings. The topological polar surface area (TPSA) is 44.8 Å². The van der Waals surface area contributed by atoms with E-state index in [0.29, 0.717) is 0 Å². The van der Waals surface area contributed by atoms with Crippen molar-refractivity contribution >= 4 is 5.97 Å². The molecule has 2 bridgehead atoms. The van der Waals surface area contributed by atoms with E-state index in [1.807, 2.05) is 0 Å². The summed E-state index contributed by atoms with van der Waals surface area (Å²) < 4.78 is 16.4. The van der Waals surface area contributed by atoms with Crippen LogP contribution in [0.15, 0.2) is 0 Å². The molecule has 1 saturated heterocycles. The van der Waals surface area contributed by atoms with Gasteiger partial charge in [0, 0.05) is 6.61 Å². The van der Waals surface area contributed by atoms with Crippen LogP contribution in [0.1, 0.15) is 44.9 Å². The van der Waals surface area contributed by atoms with Crippen LogP contribution in [-0.2, 0) is 19.0 Å². The fourth-order valence-corrected chi connectivity index (χ4v) is 3.99. The first-order chi connectivity index (χ1) is 8.68. The van der Waals surface area contributed by atoms with Gasteiger partial charge in [0.1, 0.15) is 0 Å². The van der Waals surface area contributed by atoms with Gasteiger partial charge in [-0.2, -0.15) is 0 Å². The van der Waals surface area contributed by atoms with E-state index < -0.39 is 0 Å². The third-order valence-corrected chi connectivity index (χ3v) is 4.89. The minimum absolute atomic E-state index is 0.0122. The SMILES string of the molecule is COC(=O)C12CCC(COC3CCCCO3)(C1)C2. The van der Waals surface area contributed by atoms with Gasteiger partial charge in [-0.15, -0.1) is 0 Å². The molecule has 3 aliphatic carbocycles. The highest BCUT2D eigenvalue weighted by molar-refractivity contribution is 5.79. The minimum Gasteiger partial charge on any atom is -0.469 e. The highest BCUT2D eigenvalue weighted by Gasteiger charge is 2.65. The Morgan fingerprint density at radius 2 is 2.17 bits per heavy atom.